The predicted molar refractivity (Wildman–Crippen MR) is 184 cm³/mol. The number of aryl methyl sites for hydroxylation is 1. The number of anilines is 1. The Balaban J connectivity index is 1.51. The van der Waals surface area contributed by atoms with Gasteiger partial charge in [0.15, 0.2) is 0 Å². The summed E-state index contributed by atoms with van der Waals surface area (Å²) >= 11 is 6.86. The van der Waals surface area contributed by atoms with Gasteiger partial charge in [-0.15, -0.1) is 5.10 Å². The van der Waals surface area contributed by atoms with Crippen molar-refractivity contribution < 1.29 is 18.3 Å². The molecule has 1 N–H and O–H groups in total. The highest BCUT2D eigenvalue weighted by molar-refractivity contribution is 6.35. The summed E-state index contributed by atoms with van der Waals surface area (Å²) in [5.74, 6) is -0.507. The number of ether oxygens (including phenoxy) is 1. The second kappa shape index (κ2) is 12.4. The first-order valence-electron chi connectivity index (χ1n) is 16.2. The number of carbonyl (C=O) groups is 1. The predicted octanol–water partition coefficient (Wildman–Crippen LogP) is 8.38. The molecule has 10 nitrogen and oxygen atoms in total. The first-order valence-corrected chi connectivity index (χ1v) is 16.6. The van der Waals surface area contributed by atoms with Gasteiger partial charge in [-0.3, -0.25) is 4.98 Å². The van der Waals surface area contributed by atoms with Crippen LogP contribution in [0.4, 0.5) is 19.3 Å². The lowest BCUT2D eigenvalue weighted by Gasteiger charge is -2.22. The number of alkyl halides is 2. The number of fused-ring (bicyclic) bond motifs is 2. The van der Waals surface area contributed by atoms with Crippen LogP contribution in [0.2, 0.25) is 5.02 Å². The number of pyridine rings is 1. The fourth-order valence-electron chi connectivity index (χ4n) is 6.12. The first kappa shape index (κ1) is 34.2. The number of halogens is 3. The van der Waals surface area contributed by atoms with Gasteiger partial charge >= 0.3 is 6.09 Å². The maximum atomic E-state index is 14.1. The zero-order chi connectivity index (χ0) is 35.5. The molecular formula is C36H39ClF2N8O2. The minimum atomic E-state index is -2.58. The van der Waals surface area contributed by atoms with Crippen molar-refractivity contribution >= 4 is 45.2 Å². The van der Waals surface area contributed by atoms with E-state index < -0.39 is 29.6 Å². The summed E-state index contributed by atoms with van der Waals surface area (Å²) in [6.45, 7) is 14.1. The van der Waals surface area contributed by atoms with Crippen LogP contribution >= 0.6 is 11.6 Å². The maximum absolute atomic E-state index is 14.1. The highest BCUT2D eigenvalue weighted by Crippen LogP contribution is 2.48. The van der Waals surface area contributed by atoms with Crippen LogP contribution in [-0.4, -0.2) is 54.4 Å². The number of carbonyl (C=O) groups excluding carboxylic acids is 1. The fourth-order valence-corrected chi connectivity index (χ4v) is 6.41. The van der Waals surface area contributed by atoms with Crippen molar-refractivity contribution in [2.45, 2.75) is 91.2 Å². The molecule has 0 saturated heterocycles. The average Bonchev–Trinajstić information content (AvgIpc) is 3.56. The SMILES string of the molecule is Cc1nn(C(=O)OC(C)(C)C)c2cccc([C@H](Cc3cc(Cl)c4ncc(C#N)c(NCC(C)(C)C)c4c3)c3cn(C4(C(F)F)CC4)nn3)c12. The molecule has 1 atom stereocenters. The fraction of sp³-hybridized carbons (Fsp3) is 0.444. The lowest BCUT2D eigenvalue weighted by molar-refractivity contribution is 0.0521. The highest BCUT2D eigenvalue weighted by Gasteiger charge is 2.54. The van der Waals surface area contributed by atoms with Gasteiger partial charge in [0.05, 0.1) is 38.7 Å². The number of benzene rings is 2. The second-order valence-electron chi connectivity index (χ2n) is 15.0. The average molecular weight is 689 g/mol. The van der Waals surface area contributed by atoms with E-state index in [0.29, 0.717) is 69.9 Å². The molecule has 0 radical (unpaired) electrons. The largest absolute Gasteiger partial charge is 0.442 e. The van der Waals surface area contributed by atoms with Gasteiger partial charge in [-0.1, -0.05) is 49.7 Å². The van der Waals surface area contributed by atoms with Gasteiger partial charge in [-0.2, -0.15) is 15.0 Å². The van der Waals surface area contributed by atoms with Gasteiger partial charge in [0, 0.05) is 35.6 Å². The standard InChI is InChI=1S/C36H39ClF2N8O2/c1-20-29-23(9-8-10-28(29)47(44-20)33(48)49-35(5,6)7)24(27-18-46(45-43-27)36(11-12-36)32(38)39)13-21-14-25-30(42-19-34(2,3)4)22(16-40)17-41-31(25)26(37)15-21/h8-10,14-15,17-18,24,32H,11-13,19H2,1-7H3,(H,41,42)/t24-/m0/s1. The van der Waals surface area contributed by atoms with Gasteiger partial charge in [-0.25, -0.2) is 18.3 Å². The molecule has 49 heavy (non-hydrogen) atoms. The van der Waals surface area contributed by atoms with E-state index >= 15 is 0 Å². The summed E-state index contributed by atoms with van der Waals surface area (Å²) in [4.78, 5) is 17.7. The van der Waals surface area contributed by atoms with Crippen LogP contribution in [0.15, 0.2) is 42.7 Å². The van der Waals surface area contributed by atoms with Crippen molar-refractivity contribution in [2.24, 2.45) is 5.41 Å². The molecule has 2 aromatic carbocycles. The summed E-state index contributed by atoms with van der Waals surface area (Å²) < 4.78 is 36.4. The molecule has 1 aliphatic rings. The Hall–Kier alpha value is -4.63. The minimum absolute atomic E-state index is 0.0713. The summed E-state index contributed by atoms with van der Waals surface area (Å²) in [7, 11) is 0. The third-order valence-corrected chi connectivity index (χ3v) is 8.98. The topological polar surface area (TPSA) is 124 Å². The molecular weight excluding hydrogens is 650 g/mol. The summed E-state index contributed by atoms with van der Waals surface area (Å²) in [5.41, 5.74) is 2.61. The monoisotopic (exact) mass is 688 g/mol. The molecule has 0 amide bonds. The van der Waals surface area contributed by atoms with E-state index in [1.807, 2.05) is 31.2 Å². The molecule has 0 aliphatic heterocycles. The molecule has 6 rings (SSSR count). The molecule has 3 aromatic heterocycles. The second-order valence-corrected chi connectivity index (χ2v) is 15.4. The number of aromatic nitrogens is 6. The van der Waals surface area contributed by atoms with Crippen molar-refractivity contribution in [3.63, 3.8) is 0 Å². The Bertz CT molecular complexity index is 2120. The third kappa shape index (κ3) is 6.69. The molecule has 5 aromatic rings. The van der Waals surface area contributed by atoms with E-state index in [1.54, 1.807) is 33.0 Å². The number of nitrogens with one attached hydrogen (secondary N) is 1. The number of hydrogen-bond acceptors (Lipinski definition) is 8. The quantitative estimate of drug-likeness (QED) is 0.172. The lowest BCUT2D eigenvalue weighted by atomic mass is 9.86. The van der Waals surface area contributed by atoms with Crippen LogP contribution in [0, 0.1) is 23.7 Å². The zero-order valence-electron chi connectivity index (χ0n) is 28.6. The lowest BCUT2D eigenvalue weighted by Crippen LogP contribution is -2.27. The van der Waals surface area contributed by atoms with E-state index in [9.17, 15) is 18.8 Å². The Morgan fingerprint density at radius 2 is 1.92 bits per heavy atom. The van der Waals surface area contributed by atoms with Gasteiger partial charge in [0.2, 0.25) is 0 Å². The van der Waals surface area contributed by atoms with Crippen molar-refractivity contribution in [1.29, 1.82) is 5.26 Å². The Morgan fingerprint density at radius 1 is 1.18 bits per heavy atom. The summed E-state index contributed by atoms with van der Waals surface area (Å²) in [6, 6.07) is 11.6. The summed E-state index contributed by atoms with van der Waals surface area (Å²) in [5, 5.41) is 28.4. The molecule has 0 bridgehead atoms. The van der Waals surface area contributed by atoms with E-state index in [-0.39, 0.29) is 5.41 Å². The normalized spacial score (nSPS) is 15.1. The van der Waals surface area contributed by atoms with E-state index in [0.717, 1.165) is 16.5 Å². The van der Waals surface area contributed by atoms with Crippen LogP contribution < -0.4 is 5.32 Å². The van der Waals surface area contributed by atoms with Crippen LogP contribution in [0.5, 0.6) is 0 Å². The Kier molecular flexibility index (Phi) is 8.64. The van der Waals surface area contributed by atoms with Crippen molar-refractivity contribution in [3.8, 4) is 6.07 Å². The van der Waals surface area contributed by atoms with E-state index in [1.165, 1.54) is 15.6 Å². The number of hydrogen-bond donors (Lipinski definition) is 1. The van der Waals surface area contributed by atoms with E-state index in [2.05, 4.69) is 52.6 Å². The van der Waals surface area contributed by atoms with Gasteiger partial charge < -0.3 is 10.1 Å². The van der Waals surface area contributed by atoms with Crippen molar-refractivity contribution in [1.82, 2.24) is 29.8 Å². The molecule has 3 heterocycles. The van der Waals surface area contributed by atoms with Crippen LogP contribution in [0.25, 0.3) is 21.8 Å². The Morgan fingerprint density at radius 3 is 2.55 bits per heavy atom. The summed E-state index contributed by atoms with van der Waals surface area (Å²) in [6.07, 6.45) is 0.880. The van der Waals surface area contributed by atoms with Crippen LogP contribution in [-0.2, 0) is 16.7 Å². The molecule has 256 valence electrons. The van der Waals surface area contributed by atoms with Gasteiger partial charge in [0.25, 0.3) is 6.43 Å². The number of nitrogens with zero attached hydrogens (tertiary/aromatic N) is 7. The number of nitriles is 1. The molecule has 1 saturated carbocycles. The smallest absolute Gasteiger partial charge is 0.435 e. The third-order valence-electron chi connectivity index (χ3n) is 8.69. The van der Waals surface area contributed by atoms with E-state index in [4.69, 9.17) is 16.3 Å². The van der Waals surface area contributed by atoms with Gasteiger partial charge in [-0.05, 0) is 81.7 Å². The molecule has 0 spiro atoms. The molecule has 13 heteroatoms. The molecule has 0 unspecified atom stereocenters. The zero-order valence-corrected chi connectivity index (χ0v) is 29.4. The van der Waals surface area contributed by atoms with Crippen molar-refractivity contribution in [3.05, 3.63) is 75.8 Å². The Labute approximate surface area is 288 Å². The molecule has 1 aliphatic carbocycles. The van der Waals surface area contributed by atoms with Gasteiger partial charge in [0.1, 0.15) is 17.2 Å². The highest BCUT2D eigenvalue weighted by atomic mass is 35.5. The number of rotatable bonds is 8. The maximum Gasteiger partial charge on any atom is 0.435 e. The van der Waals surface area contributed by atoms with Crippen LogP contribution in [0.3, 0.4) is 0 Å². The first-order chi connectivity index (χ1) is 23.0. The van der Waals surface area contributed by atoms with Crippen LogP contribution in [0.1, 0.15) is 88.4 Å². The molecule has 1 fully saturated rings. The minimum Gasteiger partial charge on any atom is -0.442 e. The van der Waals surface area contributed by atoms with Crippen molar-refractivity contribution in [2.75, 3.05) is 11.9 Å².